The minimum absolute atomic E-state index is 0.966. The van der Waals surface area contributed by atoms with E-state index in [1.54, 1.807) is 0 Å². The SMILES string of the molecule is CCC[CH2][Sn+]([Cl])[CH2]CCC.CCC[CH2][Sn+]([Cl])[CH2]CCC.CCC[CH2][Sn-]1([Cl])([CH2]CCC)[O][Sn-]([Cl])([CH2]CCC)([CH2]CCC)[O]1. The van der Waals surface area contributed by atoms with Crippen LogP contribution in [-0.2, 0) is 2.82 Å². The fraction of sp³-hybridized carbons (Fsp3) is 1.00. The Hall–Kier alpha value is 4.27. The van der Waals surface area contributed by atoms with Crippen molar-refractivity contribution in [3.8, 4) is 0 Å². The molecule has 2 nitrogen and oxygen atoms in total. The van der Waals surface area contributed by atoms with Gasteiger partial charge in [0.1, 0.15) is 0 Å². The van der Waals surface area contributed by atoms with Gasteiger partial charge in [0, 0.05) is 0 Å². The van der Waals surface area contributed by atoms with Gasteiger partial charge in [-0.15, -0.1) is 0 Å². The number of unbranched alkanes of at least 4 members (excludes halogenated alkanes) is 8. The van der Waals surface area contributed by atoms with Crippen LogP contribution in [0.2, 0.25) is 35.5 Å². The fourth-order valence-electron chi connectivity index (χ4n) is 5.43. The Labute approximate surface area is 298 Å². The summed E-state index contributed by atoms with van der Waals surface area (Å²) in [6.07, 6.45) is 19.8. The summed E-state index contributed by atoms with van der Waals surface area (Å²) in [4.78, 5) is 0. The zero-order valence-electron chi connectivity index (χ0n) is 29.3. The number of hydrogen-bond acceptors (Lipinski definition) is 2. The molecular formula is C32H72Cl4O2Sn4. The molecule has 10 heteroatoms. The molecule has 0 spiro atoms. The third-order valence-corrected chi connectivity index (χ3v) is 96.8. The zero-order valence-corrected chi connectivity index (χ0v) is 43.7. The maximum absolute atomic E-state index is 7.19. The van der Waals surface area contributed by atoms with E-state index in [4.69, 9.17) is 38.5 Å². The van der Waals surface area contributed by atoms with Crippen LogP contribution in [0.3, 0.4) is 0 Å². The van der Waals surface area contributed by atoms with Gasteiger partial charge in [-0.05, 0) is 0 Å². The van der Waals surface area contributed by atoms with E-state index >= 15 is 0 Å². The third-order valence-electron chi connectivity index (χ3n) is 8.13. The van der Waals surface area contributed by atoms with Crippen LogP contribution in [0.4, 0.5) is 0 Å². The molecular weight excluding hydrogens is 1030 g/mol. The van der Waals surface area contributed by atoms with Crippen LogP contribution in [0.1, 0.15) is 158 Å². The molecule has 0 bridgehead atoms. The van der Waals surface area contributed by atoms with Crippen molar-refractivity contribution < 1.29 is 2.82 Å². The van der Waals surface area contributed by atoms with E-state index in [-0.39, 0.29) is 0 Å². The summed E-state index contributed by atoms with van der Waals surface area (Å²) in [5.41, 5.74) is 0. The first kappa shape index (κ1) is 48.4. The Kier molecular flexibility index (Phi) is 32.3. The molecule has 0 aromatic carbocycles. The summed E-state index contributed by atoms with van der Waals surface area (Å²) in [5, 5.41) is 0. The normalized spacial score (nSPS) is 19.2. The van der Waals surface area contributed by atoms with Crippen molar-refractivity contribution in [1.82, 2.24) is 0 Å². The van der Waals surface area contributed by atoms with Gasteiger partial charge in [0.2, 0.25) is 0 Å². The van der Waals surface area contributed by atoms with Crippen molar-refractivity contribution in [1.29, 1.82) is 0 Å². The summed E-state index contributed by atoms with van der Waals surface area (Å²) in [6, 6.07) is 0. The molecule has 1 aliphatic rings. The fourth-order valence-corrected chi connectivity index (χ4v) is 133. The van der Waals surface area contributed by atoms with E-state index in [9.17, 15) is 0 Å². The number of rotatable bonds is 24. The van der Waals surface area contributed by atoms with Gasteiger partial charge in [-0.3, -0.25) is 0 Å². The molecule has 1 heterocycles. The average molecular weight is 1110 g/mol. The van der Waals surface area contributed by atoms with Crippen molar-refractivity contribution in [3.05, 3.63) is 0 Å². The predicted octanol–water partition coefficient (Wildman–Crippen LogP) is 15.1. The van der Waals surface area contributed by atoms with Crippen molar-refractivity contribution in [3.63, 3.8) is 0 Å². The molecule has 256 valence electrons. The first-order valence-corrected chi connectivity index (χ1v) is 53.3. The van der Waals surface area contributed by atoms with Gasteiger partial charge in [-0.25, -0.2) is 0 Å². The van der Waals surface area contributed by atoms with Crippen LogP contribution in [0.5, 0.6) is 0 Å². The molecule has 1 saturated heterocycles. The molecule has 0 atom stereocenters. The first-order valence-electron chi connectivity index (χ1n) is 18.1. The molecule has 0 amide bonds. The molecule has 0 aliphatic carbocycles. The molecule has 0 radical (unpaired) electrons. The van der Waals surface area contributed by atoms with E-state index in [1.807, 2.05) is 0 Å². The van der Waals surface area contributed by atoms with Crippen LogP contribution in [0, 0.1) is 0 Å². The molecule has 0 N–H and O–H groups in total. The van der Waals surface area contributed by atoms with Crippen LogP contribution < -0.4 is 0 Å². The Morgan fingerprint density at radius 2 is 0.571 bits per heavy atom. The Balaban J connectivity index is 0. The molecule has 42 heavy (non-hydrogen) atoms. The van der Waals surface area contributed by atoms with Crippen molar-refractivity contribution in [2.24, 2.45) is 0 Å². The molecule has 0 aromatic heterocycles. The third kappa shape index (κ3) is 22.8. The Morgan fingerprint density at radius 1 is 0.381 bits per heavy atom. The van der Waals surface area contributed by atoms with E-state index in [0.717, 1.165) is 69.1 Å². The van der Waals surface area contributed by atoms with E-state index in [0.29, 0.717) is 0 Å². The molecule has 0 aromatic rings. The van der Waals surface area contributed by atoms with Crippen LogP contribution in [-0.4, -0.2) is 70.7 Å². The van der Waals surface area contributed by atoms with Gasteiger partial charge >= 0.3 is 303 Å². The summed E-state index contributed by atoms with van der Waals surface area (Å²) in [7, 11) is 26.8. The van der Waals surface area contributed by atoms with Gasteiger partial charge in [0.25, 0.3) is 0 Å². The summed E-state index contributed by atoms with van der Waals surface area (Å²) >= 11 is -10.4. The van der Waals surface area contributed by atoms with Crippen molar-refractivity contribution in [2.75, 3.05) is 0 Å². The maximum atomic E-state index is 7.19. The number of halogens is 4. The summed E-state index contributed by atoms with van der Waals surface area (Å²) in [6.45, 7) is 17.8. The summed E-state index contributed by atoms with van der Waals surface area (Å²) < 4.78 is 23.1. The minimum atomic E-state index is -3.94. The van der Waals surface area contributed by atoms with Gasteiger partial charge < -0.3 is 0 Å². The van der Waals surface area contributed by atoms with E-state index in [2.05, 4.69) is 55.4 Å². The summed E-state index contributed by atoms with van der Waals surface area (Å²) in [5.74, 6) is 0. The quantitative estimate of drug-likeness (QED) is 0.0897. The molecule has 1 rings (SSSR count). The Bertz CT molecular complexity index is 537. The molecule has 1 aliphatic heterocycles. The molecule has 0 unspecified atom stereocenters. The second-order valence-electron chi connectivity index (χ2n) is 12.7. The predicted molar refractivity (Wildman–Crippen MR) is 206 cm³/mol. The van der Waals surface area contributed by atoms with Gasteiger partial charge in [0.15, 0.2) is 0 Å². The van der Waals surface area contributed by atoms with E-state index in [1.165, 1.54) is 69.1 Å². The van der Waals surface area contributed by atoms with Crippen LogP contribution in [0.15, 0.2) is 0 Å². The monoisotopic (exact) mass is 1110 g/mol. The average Bonchev–Trinajstić information content (AvgIpc) is 2.97. The van der Waals surface area contributed by atoms with Crippen LogP contribution in [0.25, 0.3) is 0 Å². The van der Waals surface area contributed by atoms with Crippen molar-refractivity contribution >= 4 is 106 Å². The Morgan fingerprint density at radius 3 is 0.738 bits per heavy atom. The van der Waals surface area contributed by atoms with Gasteiger partial charge in [0.05, 0.1) is 0 Å². The van der Waals surface area contributed by atoms with Crippen LogP contribution >= 0.6 is 35.7 Å². The van der Waals surface area contributed by atoms with Crippen molar-refractivity contribution in [2.45, 2.75) is 194 Å². The molecule has 0 saturated carbocycles. The standard InChI is InChI=1S/8C4H9.4ClH.2O.4Sn/c8*1-3-4-2;;;;;;;;;;/h8*1,3-4H2,2H3;4*1H;;;;;;/q;;;;;;;;;;;;;;;;2*+2/p-4. The topological polar surface area (TPSA) is 18.5 Å². The second kappa shape index (κ2) is 28.0. The first-order chi connectivity index (χ1) is 19.9. The van der Waals surface area contributed by atoms with E-state index < -0.39 is 70.7 Å². The number of hydrogen-bond donors (Lipinski definition) is 0. The zero-order chi connectivity index (χ0) is 32.4. The molecule has 1 fully saturated rings. The second-order valence-corrected chi connectivity index (χ2v) is 72.7. The van der Waals surface area contributed by atoms with Gasteiger partial charge in [-0.1, -0.05) is 0 Å². The van der Waals surface area contributed by atoms with Gasteiger partial charge in [-0.2, -0.15) is 0 Å².